The second kappa shape index (κ2) is 8.05. The predicted octanol–water partition coefficient (Wildman–Crippen LogP) is 4.14. The fourth-order valence-electron chi connectivity index (χ4n) is 2.95. The van der Waals surface area contributed by atoms with Crippen LogP contribution in [0, 0.1) is 11.8 Å². The summed E-state index contributed by atoms with van der Waals surface area (Å²) in [5, 5.41) is 14.5. The molecule has 1 saturated carbocycles. The summed E-state index contributed by atoms with van der Waals surface area (Å²) in [5.41, 5.74) is -0.419. The van der Waals surface area contributed by atoms with Gasteiger partial charge in [-0.3, -0.25) is 0 Å². The Morgan fingerprint density at radius 1 is 1.35 bits per heavy atom. The third-order valence-corrected chi connectivity index (χ3v) is 4.60. The number of H-pyrrole nitrogens is 1. The van der Waals surface area contributed by atoms with Crippen molar-refractivity contribution >= 4 is 29.3 Å². The lowest BCUT2D eigenvalue weighted by Crippen LogP contribution is -2.46. The molecule has 2 aromatic rings. The third-order valence-electron chi connectivity index (χ3n) is 4.14. The smallest absolute Gasteiger partial charge is 0.393 e. The zero-order valence-electron chi connectivity index (χ0n) is 13.9. The van der Waals surface area contributed by atoms with Crippen molar-refractivity contribution in [3.8, 4) is 17.7 Å². The Bertz CT molecular complexity index is 856. The number of carbonyl (C=O) groups excluding carboxylic acids is 1. The van der Waals surface area contributed by atoms with E-state index in [0.29, 0.717) is 23.0 Å². The van der Waals surface area contributed by atoms with Crippen LogP contribution in [0.4, 0.5) is 4.79 Å². The van der Waals surface area contributed by atoms with Crippen LogP contribution in [0.1, 0.15) is 31.2 Å². The summed E-state index contributed by atoms with van der Waals surface area (Å²) in [4.78, 5) is 14.7. The second-order valence-corrected chi connectivity index (χ2v) is 7.13. The van der Waals surface area contributed by atoms with E-state index in [9.17, 15) is 9.90 Å². The van der Waals surface area contributed by atoms with Gasteiger partial charge >= 0.3 is 6.09 Å². The quantitative estimate of drug-likeness (QED) is 0.672. The molecular formula is C19H18Cl2N2O3. The van der Waals surface area contributed by atoms with E-state index in [2.05, 4.69) is 22.1 Å². The van der Waals surface area contributed by atoms with Crippen LogP contribution >= 0.6 is 23.2 Å². The molecular weight excluding hydrogens is 375 g/mol. The first kappa shape index (κ1) is 18.7. The average molecular weight is 393 g/mol. The minimum Gasteiger partial charge on any atom is -0.393 e. The van der Waals surface area contributed by atoms with Crippen LogP contribution in [-0.2, 0) is 0 Å². The average Bonchev–Trinajstić information content (AvgIpc) is 2.98. The summed E-state index contributed by atoms with van der Waals surface area (Å²) >= 11 is 11.7. The van der Waals surface area contributed by atoms with Gasteiger partial charge in [-0.25, -0.2) is 4.79 Å². The molecule has 1 aliphatic rings. The van der Waals surface area contributed by atoms with Gasteiger partial charge in [-0.2, -0.15) is 0 Å². The van der Waals surface area contributed by atoms with Gasteiger partial charge < -0.3 is 20.1 Å². The first-order valence-electron chi connectivity index (χ1n) is 8.26. The number of nitrogens with one attached hydrogen (secondary N) is 2. The molecule has 0 bridgehead atoms. The lowest BCUT2D eigenvalue weighted by molar-refractivity contribution is 0.0472. The van der Waals surface area contributed by atoms with E-state index in [1.165, 1.54) is 0 Å². The van der Waals surface area contributed by atoms with Crippen molar-refractivity contribution in [2.75, 3.05) is 0 Å². The standard InChI is InChI=1S/C19H18Cl2N2O3/c20-14-4-1-3-13(11-14)8-10-19(25)9-2-5-15(12-19)22-18(24)26-17-7-6-16(21)23-17/h1,3-4,6-7,11,15,23,25H,2,5,9,12H2,(H,22,24)/t15-,19+/m1/s1. The maximum atomic E-state index is 12.0. The molecule has 1 amide bonds. The molecule has 0 radical (unpaired) electrons. The largest absolute Gasteiger partial charge is 0.414 e. The van der Waals surface area contributed by atoms with Crippen LogP contribution in [-0.4, -0.2) is 27.8 Å². The predicted molar refractivity (Wildman–Crippen MR) is 100 cm³/mol. The Morgan fingerprint density at radius 2 is 2.19 bits per heavy atom. The van der Waals surface area contributed by atoms with Gasteiger partial charge in [0, 0.05) is 29.1 Å². The first-order chi connectivity index (χ1) is 12.4. The fraction of sp³-hybridized carbons (Fsp3) is 0.316. The van der Waals surface area contributed by atoms with Gasteiger partial charge in [0.05, 0.1) is 0 Å². The molecule has 3 rings (SSSR count). The van der Waals surface area contributed by atoms with Crippen LogP contribution in [0.3, 0.4) is 0 Å². The topological polar surface area (TPSA) is 74.3 Å². The Hall–Kier alpha value is -2.13. The van der Waals surface area contributed by atoms with Crippen LogP contribution in [0.5, 0.6) is 5.88 Å². The Kier molecular flexibility index (Phi) is 5.77. The maximum absolute atomic E-state index is 12.0. The summed E-state index contributed by atoms with van der Waals surface area (Å²) in [5.74, 6) is 6.16. The number of aromatic nitrogens is 1. The molecule has 5 nitrogen and oxygen atoms in total. The number of carbonyl (C=O) groups is 1. The van der Waals surface area contributed by atoms with Crippen molar-refractivity contribution in [2.45, 2.75) is 37.3 Å². The number of amides is 1. The zero-order chi connectivity index (χ0) is 18.6. The molecule has 3 N–H and O–H groups in total. The number of benzene rings is 1. The molecule has 1 aliphatic carbocycles. The molecule has 136 valence electrons. The van der Waals surface area contributed by atoms with Gasteiger partial charge in [-0.05, 0) is 43.5 Å². The maximum Gasteiger partial charge on any atom is 0.414 e. The minimum atomic E-state index is -1.16. The molecule has 0 aliphatic heterocycles. The van der Waals surface area contributed by atoms with Gasteiger partial charge in [0.2, 0.25) is 5.88 Å². The monoisotopic (exact) mass is 392 g/mol. The summed E-state index contributed by atoms with van der Waals surface area (Å²) in [6, 6.07) is 10.1. The summed E-state index contributed by atoms with van der Waals surface area (Å²) < 4.78 is 5.13. The minimum absolute atomic E-state index is 0.222. The molecule has 26 heavy (non-hydrogen) atoms. The highest BCUT2D eigenvalue weighted by molar-refractivity contribution is 6.30. The molecule has 7 heteroatoms. The van der Waals surface area contributed by atoms with Crippen LogP contribution in [0.15, 0.2) is 36.4 Å². The van der Waals surface area contributed by atoms with E-state index in [1.807, 2.05) is 12.1 Å². The summed E-state index contributed by atoms with van der Waals surface area (Å²) in [7, 11) is 0. The molecule has 2 atom stereocenters. The normalized spacial score (nSPS) is 22.2. The Morgan fingerprint density at radius 3 is 2.92 bits per heavy atom. The SMILES string of the molecule is O=C(N[C@@H]1CCC[C@](O)(C#Cc2cccc(Cl)c2)C1)Oc1ccc(Cl)[nH]1. The van der Waals surface area contributed by atoms with Crippen molar-refractivity contribution in [3.63, 3.8) is 0 Å². The van der Waals surface area contributed by atoms with Crippen molar-refractivity contribution in [3.05, 3.63) is 52.1 Å². The summed E-state index contributed by atoms with van der Waals surface area (Å²) in [6.45, 7) is 0. The van der Waals surface area contributed by atoms with Gasteiger partial charge in [0.25, 0.3) is 0 Å². The van der Waals surface area contributed by atoms with Crippen molar-refractivity contribution in [1.82, 2.24) is 10.3 Å². The molecule has 0 spiro atoms. The molecule has 1 aromatic carbocycles. The van der Waals surface area contributed by atoms with Crippen molar-refractivity contribution in [2.24, 2.45) is 0 Å². The van der Waals surface area contributed by atoms with Gasteiger partial charge in [-0.1, -0.05) is 41.1 Å². The summed E-state index contributed by atoms with van der Waals surface area (Å²) in [6.07, 6.45) is 1.80. The van der Waals surface area contributed by atoms with E-state index in [0.717, 1.165) is 18.4 Å². The highest BCUT2D eigenvalue weighted by atomic mass is 35.5. The van der Waals surface area contributed by atoms with Gasteiger partial charge in [0.15, 0.2) is 0 Å². The molecule has 1 fully saturated rings. The molecule has 0 unspecified atom stereocenters. The van der Waals surface area contributed by atoms with Crippen LogP contribution < -0.4 is 10.1 Å². The molecule has 0 saturated heterocycles. The van der Waals surface area contributed by atoms with Crippen molar-refractivity contribution < 1.29 is 14.6 Å². The van der Waals surface area contributed by atoms with E-state index in [-0.39, 0.29) is 11.9 Å². The number of aromatic amines is 1. The Balaban J connectivity index is 1.60. The lowest BCUT2D eigenvalue weighted by atomic mass is 9.82. The third kappa shape index (κ3) is 5.18. The Labute approximate surface area is 161 Å². The van der Waals surface area contributed by atoms with Crippen LogP contribution in [0.25, 0.3) is 0 Å². The lowest BCUT2D eigenvalue weighted by Gasteiger charge is -2.33. The highest BCUT2D eigenvalue weighted by Crippen LogP contribution is 2.28. The highest BCUT2D eigenvalue weighted by Gasteiger charge is 2.33. The van der Waals surface area contributed by atoms with E-state index < -0.39 is 11.7 Å². The molecule has 1 heterocycles. The molecule has 1 aromatic heterocycles. The number of halogens is 2. The second-order valence-electron chi connectivity index (χ2n) is 6.29. The number of ether oxygens (including phenoxy) is 1. The van der Waals surface area contributed by atoms with Gasteiger partial charge in [-0.15, -0.1) is 0 Å². The number of hydrogen-bond donors (Lipinski definition) is 3. The van der Waals surface area contributed by atoms with E-state index in [1.54, 1.807) is 24.3 Å². The van der Waals surface area contributed by atoms with E-state index in [4.69, 9.17) is 27.9 Å². The fourth-order valence-corrected chi connectivity index (χ4v) is 3.30. The van der Waals surface area contributed by atoms with Crippen LogP contribution in [0.2, 0.25) is 10.2 Å². The zero-order valence-corrected chi connectivity index (χ0v) is 15.4. The number of rotatable bonds is 2. The number of hydrogen-bond acceptors (Lipinski definition) is 3. The van der Waals surface area contributed by atoms with E-state index >= 15 is 0 Å². The number of aliphatic hydroxyl groups is 1. The first-order valence-corrected chi connectivity index (χ1v) is 9.01. The van der Waals surface area contributed by atoms with Crippen molar-refractivity contribution in [1.29, 1.82) is 0 Å². The van der Waals surface area contributed by atoms with Gasteiger partial charge in [0.1, 0.15) is 10.8 Å².